The van der Waals surface area contributed by atoms with Gasteiger partial charge in [0.15, 0.2) is 5.13 Å². The van der Waals surface area contributed by atoms with E-state index in [1.54, 1.807) is 0 Å². The fourth-order valence-corrected chi connectivity index (χ4v) is 4.59. The molecule has 3 amide bonds. The van der Waals surface area contributed by atoms with Crippen molar-refractivity contribution in [3.05, 3.63) is 24.3 Å². The van der Waals surface area contributed by atoms with Gasteiger partial charge in [0.1, 0.15) is 12.1 Å². The van der Waals surface area contributed by atoms with Gasteiger partial charge in [-0.3, -0.25) is 19.6 Å². The number of thiazole rings is 1. The van der Waals surface area contributed by atoms with Gasteiger partial charge in [0, 0.05) is 6.54 Å². The number of fused-ring (bicyclic) bond motifs is 1. The van der Waals surface area contributed by atoms with Crippen LogP contribution in [-0.4, -0.2) is 56.6 Å². The van der Waals surface area contributed by atoms with Crippen LogP contribution in [0.1, 0.15) is 39.0 Å². The van der Waals surface area contributed by atoms with Gasteiger partial charge in [-0.15, -0.1) is 0 Å². The Bertz CT molecular complexity index is 884. The number of likely N-dealkylation sites (tertiary alicyclic amines) is 1. The predicted molar refractivity (Wildman–Crippen MR) is 112 cm³/mol. The second-order valence-corrected chi connectivity index (χ2v) is 8.37. The zero-order valence-corrected chi connectivity index (χ0v) is 17.5. The number of anilines is 1. The molecule has 1 aromatic heterocycles. The Morgan fingerprint density at radius 2 is 2.10 bits per heavy atom. The van der Waals surface area contributed by atoms with Gasteiger partial charge in [0.2, 0.25) is 11.8 Å². The minimum Gasteiger partial charge on any atom is -0.382 e. The Balaban J connectivity index is 1.74. The van der Waals surface area contributed by atoms with Crippen molar-refractivity contribution in [2.24, 2.45) is 5.92 Å². The number of nitrogens with one attached hydrogen (secondary N) is 2. The predicted octanol–water partition coefficient (Wildman–Crippen LogP) is 1.90. The molecule has 30 heavy (non-hydrogen) atoms. The smallest absolute Gasteiger partial charge is 0.272 e. The Morgan fingerprint density at radius 3 is 2.80 bits per heavy atom. The van der Waals surface area contributed by atoms with E-state index in [1.165, 1.54) is 21.7 Å². The van der Waals surface area contributed by atoms with E-state index in [0.717, 1.165) is 16.6 Å². The van der Waals surface area contributed by atoms with Gasteiger partial charge in [-0.2, -0.15) is 0 Å². The molecule has 4 N–H and O–H groups in total. The number of amides is 3. The van der Waals surface area contributed by atoms with Crippen LogP contribution >= 0.6 is 11.3 Å². The van der Waals surface area contributed by atoms with Crippen LogP contribution in [0, 0.1) is 5.92 Å². The van der Waals surface area contributed by atoms with E-state index in [4.69, 9.17) is 5.21 Å². The van der Waals surface area contributed by atoms with Gasteiger partial charge in [-0.1, -0.05) is 43.2 Å². The first-order chi connectivity index (χ1) is 14.5. The van der Waals surface area contributed by atoms with Crippen molar-refractivity contribution < 1.29 is 24.7 Å². The minimum atomic E-state index is -1.68. The zero-order chi connectivity index (χ0) is 21.7. The van der Waals surface area contributed by atoms with Gasteiger partial charge in [-0.05, 0) is 31.4 Å². The summed E-state index contributed by atoms with van der Waals surface area (Å²) in [4.78, 5) is 43.5. The van der Waals surface area contributed by atoms with E-state index in [9.17, 15) is 19.5 Å². The minimum absolute atomic E-state index is 0.284. The lowest BCUT2D eigenvalue weighted by Crippen LogP contribution is -2.50. The molecular formula is C20H26N4O5S. The number of aromatic nitrogens is 1. The Morgan fingerprint density at radius 1 is 1.33 bits per heavy atom. The first-order valence-corrected chi connectivity index (χ1v) is 10.9. The molecule has 2 aromatic rings. The highest BCUT2D eigenvalue weighted by Crippen LogP contribution is 2.28. The van der Waals surface area contributed by atoms with E-state index < -0.39 is 29.9 Å². The average molecular weight is 435 g/mol. The summed E-state index contributed by atoms with van der Waals surface area (Å²) in [6.07, 6.45) is 1.15. The van der Waals surface area contributed by atoms with Gasteiger partial charge in [-0.25, -0.2) is 10.5 Å². The van der Waals surface area contributed by atoms with Gasteiger partial charge in [0.25, 0.3) is 5.91 Å². The topological polar surface area (TPSA) is 132 Å². The number of carbonyl (C=O) groups is 3. The largest absolute Gasteiger partial charge is 0.382 e. The Kier molecular flexibility index (Phi) is 7.35. The second kappa shape index (κ2) is 9.96. The summed E-state index contributed by atoms with van der Waals surface area (Å²) in [5, 5.41) is 22.3. The van der Waals surface area contributed by atoms with Crippen molar-refractivity contribution in [3.8, 4) is 0 Å². The number of nitrogens with zero attached hydrogens (tertiary/aromatic N) is 2. The maximum Gasteiger partial charge on any atom is 0.272 e. The summed E-state index contributed by atoms with van der Waals surface area (Å²) in [5.74, 6) is -2.84. The monoisotopic (exact) mass is 434 g/mol. The average Bonchev–Trinajstić information content (AvgIpc) is 3.39. The van der Waals surface area contributed by atoms with E-state index in [-0.39, 0.29) is 12.3 Å². The van der Waals surface area contributed by atoms with Crippen LogP contribution in [0.25, 0.3) is 10.2 Å². The third-order valence-electron chi connectivity index (χ3n) is 5.31. The molecule has 162 valence electrons. The summed E-state index contributed by atoms with van der Waals surface area (Å²) in [6.45, 7) is 2.30. The number of rotatable bonds is 8. The molecule has 2 heterocycles. The van der Waals surface area contributed by atoms with E-state index in [0.29, 0.717) is 30.9 Å². The summed E-state index contributed by atoms with van der Waals surface area (Å²) in [5.41, 5.74) is 2.19. The van der Waals surface area contributed by atoms with Crippen LogP contribution in [-0.2, 0) is 14.4 Å². The molecule has 0 saturated carbocycles. The molecule has 3 rings (SSSR count). The first-order valence-electron chi connectivity index (χ1n) is 10.0. The fraction of sp³-hybridized carbons (Fsp3) is 0.500. The van der Waals surface area contributed by atoms with Crippen LogP contribution in [0.5, 0.6) is 0 Å². The standard InChI is InChI=1S/C20H26N4O5S/c1-2-3-7-12(16(25)18(27)23-29)19(28)24-11-6-9-14(24)17(26)22-20-21-13-8-4-5-10-15(13)30-20/h4-5,8,10,12,14,16,25,29H,2-3,6-7,9,11H2,1H3,(H,23,27)(H,21,22,26)/t12?,14-,16?/m0/s1. The van der Waals surface area contributed by atoms with Crippen LogP contribution in [0.4, 0.5) is 5.13 Å². The number of unbranched alkanes of at least 4 members (excludes halogenated alkanes) is 1. The molecule has 1 fully saturated rings. The van der Waals surface area contributed by atoms with E-state index in [1.807, 2.05) is 31.2 Å². The Hall–Kier alpha value is -2.56. The highest BCUT2D eigenvalue weighted by atomic mass is 32.1. The molecule has 1 aliphatic rings. The van der Waals surface area contributed by atoms with Gasteiger partial charge in [0.05, 0.1) is 16.1 Å². The highest BCUT2D eigenvalue weighted by Gasteiger charge is 2.41. The SMILES string of the molecule is CCCCC(C(=O)N1CCC[C@H]1C(=O)Nc1nc2ccccc2s1)C(O)C(=O)NO. The number of hydrogen-bond donors (Lipinski definition) is 4. The molecule has 0 bridgehead atoms. The van der Waals surface area contributed by atoms with Crippen molar-refractivity contribution in [1.29, 1.82) is 0 Å². The Labute approximate surface area is 178 Å². The molecule has 1 aromatic carbocycles. The number of carbonyl (C=O) groups excluding carboxylic acids is 3. The first kappa shape index (κ1) is 22.1. The molecule has 2 unspecified atom stereocenters. The summed E-state index contributed by atoms with van der Waals surface area (Å²) >= 11 is 1.36. The van der Waals surface area contributed by atoms with Gasteiger partial charge >= 0.3 is 0 Å². The lowest BCUT2D eigenvalue weighted by Gasteiger charge is -2.29. The third kappa shape index (κ3) is 4.77. The van der Waals surface area contributed by atoms with Crippen molar-refractivity contribution in [2.75, 3.05) is 11.9 Å². The molecule has 1 aliphatic heterocycles. The summed E-state index contributed by atoms with van der Waals surface area (Å²) in [6, 6.07) is 6.85. The lowest BCUT2D eigenvalue weighted by atomic mass is 9.93. The van der Waals surface area contributed by atoms with Crippen molar-refractivity contribution in [3.63, 3.8) is 0 Å². The van der Waals surface area contributed by atoms with E-state index in [2.05, 4.69) is 10.3 Å². The zero-order valence-electron chi connectivity index (χ0n) is 16.7. The number of aliphatic hydroxyl groups is 1. The molecular weight excluding hydrogens is 408 g/mol. The van der Waals surface area contributed by atoms with Crippen LogP contribution < -0.4 is 10.8 Å². The number of aliphatic hydroxyl groups excluding tert-OH is 1. The molecule has 0 spiro atoms. The molecule has 3 atom stereocenters. The number of benzene rings is 1. The number of hydroxylamine groups is 1. The fourth-order valence-electron chi connectivity index (χ4n) is 3.72. The van der Waals surface area contributed by atoms with Crippen LogP contribution in [0.15, 0.2) is 24.3 Å². The molecule has 0 radical (unpaired) electrons. The maximum atomic E-state index is 13.1. The molecule has 10 heteroatoms. The maximum absolute atomic E-state index is 13.1. The summed E-state index contributed by atoms with van der Waals surface area (Å²) < 4.78 is 0.949. The van der Waals surface area contributed by atoms with E-state index >= 15 is 0 Å². The number of hydrogen-bond acceptors (Lipinski definition) is 7. The highest BCUT2D eigenvalue weighted by molar-refractivity contribution is 7.22. The number of para-hydroxylation sites is 1. The van der Waals surface area contributed by atoms with Crippen LogP contribution in [0.2, 0.25) is 0 Å². The summed E-state index contributed by atoms with van der Waals surface area (Å²) in [7, 11) is 0. The molecule has 9 nitrogen and oxygen atoms in total. The molecule has 0 aliphatic carbocycles. The van der Waals surface area contributed by atoms with Crippen molar-refractivity contribution in [1.82, 2.24) is 15.4 Å². The van der Waals surface area contributed by atoms with Crippen molar-refractivity contribution >= 4 is 44.4 Å². The molecule has 1 saturated heterocycles. The van der Waals surface area contributed by atoms with Crippen molar-refractivity contribution in [2.45, 2.75) is 51.2 Å². The van der Waals surface area contributed by atoms with Gasteiger partial charge < -0.3 is 15.3 Å². The van der Waals surface area contributed by atoms with Crippen LogP contribution in [0.3, 0.4) is 0 Å². The quantitative estimate of drug-likeness (QED) is 0.371. The normalized spacial score (nSPS) is 18.2. The lowest BCUT2D eigenvalue weighted by molar-refractivity contribution is -0.152. The second-order valence-electron chi connectivity index (χ2n) is 7.34. The third-order valence-corrected chi connectivity index (χ3v) is 6.26.